The standard InChI is InChI=1S/C45H38O16/c46-20-4-6-22-32(14-20)59-43(18-2-9-26(49)29(52)12-18)40(57)34(22)36-38(55)24-16-31(54)42(17-1-8-25(48)28(51)11-17)61-45(24)37(39(36)56)35-23-7-5-21(47)15-33(23)60-44(41(35)58)19-3-10-27(50)30(53)13-19/h1-15,31,34-35,40-44,46-58H,16H2/t31-,34+,35+,40-,41-,42-,43+,44+/m1/s1. The first-order valence-corrected chi connectivity index (χ1v) is 19.0. The fourth-order valence-corrected chi connectivity index (χ4v) is 8.75. The molecule has 6 aromatic carbocycles. The van der Waals surface area contributed by atoms with Gasteiger partial charge < -0.3 is 80.6 Å². The largest absolute Gasteiger partial charge is 0.508 e. The molecular weight excluding hydrogens is 796 g/mol. The van der Waals surface area contributed by atoms with Crippen molar-refractivity contribution in [3.05, 3.63) is 136 Å². The highest BCUT2D eigenvalue weighted by atomic mass is 16.5. The van der Waals surface area contributed by atoms with E-state index in [4.69, 9.17) is 14.2 Å². The summed E-state index contributed by atoms with van der Waals surface area (Å²) < 4.78 is 18.9. The Bertz CT molecular complexity index is 2730. The smallest absolute Gasteiger partial charge is 0.157 e. The van der Waals surface area contributed by atoms with Crippen LogP contribution in [0.1, 0.15) is 74.7 Å². The molecule has 0 fully saturated rings. The molecule has 0 saturated carbocycles. The highest BCUT2D eigenvalue weighted by Gasteiger charge is 2.49. The van der Waals surface area contributed by atoms with E-state index in [1.54, 1.807) is 0 Å². The minimum Gasteiger partial charge on any atom is -0.508 e. The van der Waals surface area contributed by atoms with Crippen LogP contribution in [0.25, 0.3) is 0 Å². The van der Waals surface area contributed by atoms with Crippen molar-refractivity contribution in [3.63, 3.8) is 0 Å². The Hall–Kier alpha value is -7.40. The molecule has 0 saturated heterocycles. The van der Waals surface area contributed by atoms with Crippen molar-refractivity contribution >= 4 is 0 Å². The Labute approximate surface area is 345 Å². The maximum atomic E-state index is 12.9. The topological polar surface area (TPSA) is 291 Å². The van der Waals surface area contributed by atoms with Crippen molar-refractivity contribution in [2.45, 2.75) is 54.9 Å². The van der Waals surface area contributed by atoms with Gasteiger partial charge in [0, 0.05) is 58.2 Å². The van der Waals surface area contributed by atoms with Gasteiger partial charge in [-0.3, -0.25) is 0 Å². The molecule has 0 aliphatic carbocycles. The molecule has 13 N–H and O–H groups in total. The normalized spacial score (nSPS) is 24.0. The third-order valence-electron chi connectivity index (χ3n) is 11.7. The van der Waals surface area contributed by atoms with Gasteiger partial charge in [0.05, 0.1) is 6.10 Å². The zero-order valence-electron chi connectivity index (χ0n) is 31.5. The average Bonchev–Trinajstić information content (AvgIpc) is 3.22. The van der Waals surface area contributed by atoms with Crippen molar-refractivity contribution in [1.82, 2.24) is 0 Å². The van der Waals surface area contributed by atoms with E-state index in [0.717, 1.165) is 12.1 Å². The van der Waals surface area contributed by atoms with Crippen molar-refractivity contribution in [1.29, 1.82) is 0 Å². The van der Waals surface area contributed by atoms with Gasteiger partial charge in [-0.05, 0) is 65.2 Å². The molecule has 3 aliphatic heterocycles. The van der Waals surface area contributed by atoms with Gasteiger partial charge in [-0.15, -0.1) is 0 Å². The number of phenols is 10. The Balaban J connectivity index is 1.31. The number of ether oxygens (including phenoxy) is 3. The molecule has 0 unspecified atom stereocenters. The summed E-state index contributed by atoms with van der Waals surface area (Å²) in [6, 6.07) is 19.2. The minimum atomic E-state index is -1.69. The molecule has 0 spiro atoms. The van der Waals surface area contributed by atoms with Gasteiger partial charge in [0.25, 0.3) is 0 Å². The zero-order chi connectivity index (χ0) is 43.2. The summed E-state index contributed by atoms with van der Waals surface area (Å²) in [5, 5.41) is 144. The molecule has 8 atom stereocenters. The van der Waals surface area contributed by atoms with Crippen LogP contribution in [0, 0.1) is 0 Å². The first-order chi connectivity index (χ1) is 29.1. The molecule has 0 aromatic heterocycles. The molecule has 0 amide bonds. The van der Waals surface area contributed by atoms with Crippen LogP contribution in [-0.4, -0.2) is 84.7 Å². The average molecular weight is 835 g/mol. The van der Waals surface area contributed by atoms with Crippen LogP contribution in [-0.2, 0) is 6.42 Å². The fourth-order valence-electron chi connectivity index (χ4n) is 8.75. The summed E-state index contributed by atoms with van der Waals surface area (Å²) in [6.45, 7) is 0. The summed E-state index contributed by atoms with van der Waals surface area (Å²) in [5.41, 5.74) is 0.295. The molecule has 0 bridgehead atoms. The second-order valence-electron chi connectivity index (χ2n) is 15.3. The third kappa shape index (κ3) is 6.35. The number of phenolic OH excluding ortho intramolecular Hbond substituents is 10. The molecule has 16 nitrogen and oxygen atoms in total. The van der Waals surface area contributed by atoms with E-state index in [9.17, 15) is 66.4 Å². The van der Waals surface area contributed by atoms with E-state index >= 15 is 0 Å². The SMILES string of the molecule is Oc1ccc2c(c1)O[C@@H](c1ccc(O)c(O)c1)[C@H](O)[C@@H]2c1c(O)c2c(c([C@@H]3c4ccc(O)cc4O[C@@H](c4ccc(O)c(O)c4)[C@@H]3O)c1O)O[C@H](c1ccc(O)c(O)c1)[C@H](O)C2. The predicted octanol–water partition coefficient (Wildman–Crippen LogP) is 5.03. The molecule has 16 heteroatoms. The quantitative estimate of drug-likeness (QED) is 0.101. The number of hydrogen-bond acceptors (Lipinski definition) is 16. The van der Waals surface area contributed by atoms with Gasteiger partial charge in [-0.25, -0.2) is 0 Å². The van der Waals surface area contributed by atoms with E-state index in [1.807, 2.05) is 0 Å². The van der Waals surface area contributed by atoms with Crippen LogP contribution in [0.3, 0.4) is 0 Å². The summed E-state index contributed by atoms with van der Waals surface area (Å²) in [7, 11) is 0. The van der Waals surface area contributed by atoms with Crippen LogP contribution in [0.5, 0.6) is 74.7 Å². The van der Waals surface area contributed by atoms with Crippen LogP contribution in [0.4, 0.5) is 0 Å². The molecule has 6 aromatic rings. The lowest BCUT2D eigenvalue weighted by atomic mass is 9.73. The highest BCUT2D eigenvalue weighted by Crippen LogP contribution is 2.60. The Morgan fingerprint density at radius 2 is 0.836 bits per heavy atom. The molecule has 61 heavy (non-hydrogen) atoms. The summed E-state index contributed by atoms with van der Waals surface area (Å²) in [5.74, 6) is -7.77. The Morgan fingerprint density at radius 1 is 0.410 bits per heavy atom. The van der Waals surface area contributed by atoms with Gasteiger partial charge >= 0.3 is 0 Å². The first-order valence-electron chi connectivity index (χ1n) is 19.0. The first kappa shape index (κ1) is 39.1. The third-order valence-corrected chi connectivity index (χ3v) is 11.7. The monoisotopic (exact) mass is 834 g/mol. The zero-order valence-corrected chi connectivity index (χ0v) is 31.5. The van der Waals surface area contributed by atoms with E-state index in [2.05, 4.69) is 0 Å². The fraction of sp³-hybridized carbons (Fsp3) is 0.200. The molecule has 3 aliphatic rings. The van der Waals surface area contributed by atoms with Crippen LogP contribution in [0.2, 0.25) is 0 Å². The molecule has 3 heterocycles. The lowest BCUT2D eigenvalue weighted by Gasteiger charge is -2.42. The lowest BCUT2D eigenvalue weighted by Crippen LogP contribution is -2.38. The second-order valence-corrected chi connectivity index (χ2v) is 15.3. The van der Waals surface area contributed by atoms with Crippen LogP contribution in [0.15, 0.2) is 91.0 Å². The van der Waals surface area contributed by atoms with Crippen molar-refractivity contribution < 1.29 is 80.6 Å². The number of aromatic hydroxyl groups is 10. The summed E-state index contributed by atoms with van der Waals surface area (Å²) in [6.07, 6.45) is -9.21. The molecular formula is C45H38O16. The van der Waals surface area contributed by atoms with E-state index in [1.165, 1.54) is 78.9 Å². The molecule has 9 rings (SSSR count). The van der Waals surface area contributed by atoms with Gasteiger partial charge in [0.15, 0.2) is 46.7 Å². The Morgan fingerprint density at radius 3 is 1.28 bits per heavy atom. The number of benzene rings is 6. The minimum absolute atomic E-state index is 0.00791. The number of aliphatic hydroxyl groups excluding tert-OH is 3. The van der Waals surface area contributed by atoms with E-state index in [0.29, 0.717) is 0 Å². The van der Waals surface area contributed by atoms with Crippen molar-refractivity contribution in [2.75, 3.05) is 0 Å². The van der Waals surface area contributed by atoms with Gasteiger partial charge in [-0.1, -0.05) is 30.3 Å². The number of aliphatic hydroxyl groups is 3. The highest BCUT2D eigenvalue weighted by molar-refractivity contribution is 5.70. The van der Waals surface area contributed by atoms with E-state index < -0.39 is 94.5 Å². The maximum Gasteiger partial charge on any atom is 0.157 e. The van der Waals surface area contributed by atoms with Crippen LogP contribution < -0.4 is 14.2 Å². The van der Waals surface area contributed by atoms with Crippen molar-refractivity contribution in [3.8, 4) is 74.7 Å². The predicted molar refractivity (Wildman–Crippen MR) is 211 cm³/mol. The van der Waals surface area contributed by atoms with Gasteiger partial charge in [0.1, 0.15) is 58.6 Å². The van der Waals surface area contributed by atoms with Crippen LogP contribution >= 0.6 is 0 Å². The number of rotatable bonds is 5. The van der Waals surface area contributed by atoms with E-state index in [-0.39, 0.29) is 79.7 Å². The summed E-state index contributed by atoms with van der Waals surface area (Å²) >= 11 is 0. The molecule has 314 valence electrons. The Kier molecular flexibility index (Phi) is 9.23. The second kappa shape index (κ2) is 14.4. The maximum absolute atomic E-state index is 12.9. The van der Waals surface area contributed by atoms with Gasteiger partial charge in [-0.2, -0.15) is 0 Å². The van der Waals surface area contributed by atoms with Gasteiger partial charge in [0.2, 0.25) is 0 Å². The summed E-state index contributed by atoms with van der Waals surface area (Å²) in [4.78, 5) is 0. The lowest BCUT2D eigenvalue weighted by molar-refractivity contribution is 0.000360. The number of hydrogen-bond donors (Lipinski definition) is 13. The van der Waals surface area contributed by atoms with Crippen molar-refractivity contribution in [2.24, 2.45) is 0 Å². The molecule has 0 radical (unpaired) electrons. The number of fused-ring (bicyclic) bond motifs is 3.